The molecular weight excluding hydrogens is 426 g/mol. The van der Waals surface area contributed by atoms with Crippen LogP contribution in [-0.4, -0.2) is 24.5 Å². The molecule has 1 spiro atoms. The maximum atomic E-state index is 13.6. The molecule has 0 aromatic heterocycles. The molecular formula is C21H24BrNO3S. The van der Waals surface area contributed by atoms with Crippen molar-refractivity contribution in [1.82, 2.24) is 4.31 Å². The highest BCUT2D eigenvalue weighted by molar-refractivity contribution is 9.10. The summed E-state index contributed by atoms with van der Waals surface area (Å²) in [7, 11) is -3.67. The topological polar surface area (TPSA) is 46.6 Å². The first-order chi connectivity index (χ1) is 12.9. The first-order valence-corrected chi connectivity index (χ1v) is 11.7. The van der Waals surface area contributed by atoms with E-state index < -0.39 is 15.7 Å². The van der Waals surface area contributed by atoms with Crippen LogP contribution in [0.4, 0.5) is 0 Å². The van der Waals surface area contributed by atoms with Crippen molar-refractivity contribution in [3.63, 3.8) is 0 Å². The molecule has 2 aliphatic rings. The Labute approximate surface area is 169 Å². The Hall–Kier alpha value is -1.21. The normalized spacial score (nSPS) is 25.7. The average Bonchev–Trinajstić information content (AvgIpc) is 2.95. The molecule has 0 N–H and O–H groups in total. The molecule has 0 unspecified atom stereocenters. The number of ether oxygens (including phenoxy) is 1. The summed E-state index contributed by atoms with van der Waals surface area (Å²) >= 11 is 3.38. The standard InChI is InChI=1S/C21H24BrNO3S/c1-16-20(17-8-4-2-5-9-17)26-21(14-6-3-7-15-21)23(16)27(24,25)19-12-10-18(22)11-13-19/h2,4-5,8-13,16,20H,3,6-7,14-15H2,1H3/t16-,20-/m1/s1. The maximum Gasteiger partial charge on any atom is 0.245 e. The molecule has 2 atom stereocenters. The van der Waals surface area contributed by atoms with E-state index in [1.165, 1.54) is 0 Å². The van der Waals surface area contributed by atoms with Crippen LogP contribution in [0.25, 0.3) is 0 Å². The monoisotopic (exact) mass is 449 g/mol. The molecule has 6 heteroatoms. The third-order valence-electron chi connectivity index (χ3n) is 5.69. The van der Waals surface area contributed by atoms with Crippen LogP contribution in [0.5, 0.6) is 0 Å². The summed E-state index contributed by atoms with van der Waals surface area (Å²) in [6.07, 6.45) is 4.34. The molecule has 1 aliphatic carbocycles. The molecule has 1 aliphatic heterocycles. The average molecular weight is 450 g/mol. The first kappa shape index (κ1) is 19.1. The Bertz CT molecular complexity index is 893. The number of sulfonamides is 1. The first-order valence-electron chi connectivity index (χ1n) is 9.47. The van der Waals surface area contributed by atoms with E-state index in [9.17, 15) is 8.42 Å². The largest absolute Gasteiger partial charge is 0.350 e. The summed E-state index contributed by atoms with van der Waals surface area (Å²) in [5.74, 6) is 0. The van der Waals surface area contributed by atoms with Gasteiger partial charge in [0, 0.05) is 4.47 Å². The second-order valence-corrected chi connectivity index (χ2v) is 10.2. The van der Waals surface area contributed by atoms with E-state index in [4.69, 9.17) is 4.74 Å². The van der Waals surface area contributed by atoms with Crippen molar-refractivity contribution >= 4 is 26.0 Å². The minimum atomic E-state index is -3.67. The van der Waals surface area contributed by atoms with E-state index in [-0.39, 0.29) is 12.1 Å². The van der Waals surface area contributed by atoms with E-state index in [1.807, 2.05) is 37.3 Å². The lowest BCUT2D eigenvalue weighted by atomic mass is 9.92. The fourth-order valence-electron chi connectivity index (χ4n) is 4.47. The maximum absolute atomic E-state index is 13.6. The van der Waals surface area contributed by atoms with E-state index in [0.717, 1.165) is 42.1 Å². The molecule has 4 nitrogen and oxygen atoms in total. The zero-order valence-electron chi connectivity index (χ0n) is 15.3. The summed E-state index contributed by atoms with van der Waals surface area (Å²) in [4.78, 5) is 0.319. The zero-order chi connectivity index (χ0) is 19.1. The molecule has 1 heterocycles. The van der Waals surface area contributed by atoms with E-state index in [0.29, 0.717) is 4.90 Å². The predicted octanol–water partition coefficient (Wildman–Crippen LogP) is 5.26. The molecule has 1 saturated carbocycles. The molecule has 2 aromatic rings. The minimum Gasteiger partial charge on any atom is -0.350 e. The molecule has 0 radical (unpaired) electrons. The second kappa shape index (κ2) is 7.32. The van der Waals surface area contributed by atoms with E-state index in [2.05, 4.69) is 15.9 Å². The number of benzene rings is 2. The lowest BCUT2D eigenvalue weighted by Crippen LogP contribution is -2.51. The molecule has 2 fully saturated rings. The molecule has 1 saturated heterocycles. The van der Waals surface area contributed by atoms with Crippen LogP contribution >= 0.6 is 15.9 Å². The van der Waals surface area contributed by atoms with Crippen molar-refractivity contribution in [3.8, 4) is 0 Å². The van der Waals surface area contributed by atoms with Gasteiger partial charge in [0.15, 0.2) is 0 Å². The third kappa shape index (κ3) is 3.37. The molecule has 27 heavy (non-hydrogen) atoms. The van der Waals surface area contributed by atoms with E-state index in [1.54, 1.807) is 28.6 Å². The zero-order valence-corrected chi connectivity index (χ0v) is 17.7. The van der Waals surface area contributed by atoms with Gasteiger partial charge in [0.1, 0.15) is 11.8 Å². The van der Waals surface area contributed by atoms with Crippen LogP contribution in [0.3, 0.4) is 0 Å². The van der Waals surface area contributed by atoms with Crippen LogP contribution in [0, 0.1) is 0 Å². The van der Waals surface area contributed by atoms with Crippen LogP contribution in [0.15, 0.2) is 64.0 Å². The second-order valence-electron chi connectivity index (χ2n) is 7.45. The highest BCUT2D eigenvalue weighted by atomic mass is 79.9. The van der Waals surface area contributed by atoms with Gasteiger partial charge in [0.05, 0.1) is 10.9 Å². The lowest BCUT2D eigenvalue weighted by molar-refractivity contribution is -0.103. The van der Waals surface area contributed by atoms with Gasteiger partial charge < -0.3 is 4.74 Å². The molecule has 144 valence electrons. The quantitative estimate of drug-likeness (QED) is 0.641. The summed E-state index contributed by atoms with van der Waals surface area (Å²) in [5.41, 5.74) is 0.285. The fraction of sp³-hybridized carbons (Fsp3) is 0.429. The Morgan fingerprint density at radius 3 is 2.26 bits per heavy atom. The molecule has 0 bridgehead atoms. The Kier molecular flexibility index (Phi) is 5.18. The summed E-state index contributed by atoms with van der Waals surface area (Å²) in [6.45, 7) is 1.97. The molecule has 0 amide bonds. The SMILES string of the molecule is C[C@@H]1[C@H](c2ccccc2)OC2(CCCCC2)N1S(=O)(=O)c1ccc(Br)cc1. The van der Waals surface area contributed by atoms with Gasteiger partial charge in [-0.05, 0) is 62.4 Å². The van der Waals surface area contributed by atoms with Crippen molar-refractivity contribution in [1.29, 1.82) is 0 Å². The molecule has 2 aromatic carbocycles. The van der Waals surface area contributed by atoms with Gasteiger partial charge in [0.2, 0.25) is 10.0 Å². The van der Waals surface area contributed by atoms with Crippen molar-refractivity contribution in [2.75, 3.05) is 0 Å². The summed E-state index contributed by atoms with van der Waals surface area (Å²) < 4.78 is 36.4. The van der Waals surface area contributed by atoms with Gasteiger partial charge in [-0.15, -0.1) is 0 Å². The van der Waals surface area contributed by atoms with Gasteiger partial charge in [-0.1, -0.05) is 52.7 Å². The number of hydrogen-bond donors (Lipinski definition) is 0. The highest BCUT2D eigenvalue weighted by Gasteiger charge is 2.57. The van der Waals surface area contributed by atoms with Crippen molar-refractivity contribution in [2.45, 2.75) is 61.8 Å². The minimum absolute atomic E-state index is 0.255. The predicted molar refractivity (Wildman–Crippen MR) is 109 cm³/mol. The fourth-order valence-corrected chi connectivity index (χ4v) is 6.65. The Balaban J connectivity index is 1.79. The van der Waals surface area contributed by atoms with Crippen LogP contribution in [-0.2, 0) is 14.8 Å². The van der Waals surface area contributed by atoms with Crippen LogP contribution < -0.4 is 0 Å². The van der Waals surface area contributed by atoms with Crippen molar-refractivity contribution < 1.29 is 13.2 Å². The van der Waals surface area contributed by atoms with E-state index >= 15 is 0 Å². The van der Waals surface area contributed by atoms with Gasteiger partial charge in [-0.2, -0.15) is 4.31 Å². The van der Waals surface area contributed by atoms with Crippen molar-refractivity contribution in [2.24, 2.45) is 0 Å². The van der Waals surface area contributed by atoms with Crippen LogP contribution in [0.2, 0.25) is 0 Å². The number of halogens is 1. The van der Waals surface area contributed by atoms with Gasteiger partial charge in [-0.3, -0.25) is 0 Å². The molecule has 4 rings (SSSR count). The summed E-state index contributed by atoms with van der Waals surface area (Å²) in [6, 6.07) is 16.6. The third-order valence-corrected chi connectivity index (χ3v) is 8.27. The highest BCUT2D eigenvalue weighted by Crippen LogP contribution is 2.50. The summed E-state index contributed by atoms with van der Waals surface area (Å²) in [5, 5.41) is 0. The smallest absolute Gasteiger partial charge is 0.245 e. The Morgan fingerprint density at radius 2 is 1.63 bits per heavy atom. The Morgan fingerprint density at radius 1 is 1.00 bits per heavy atom. The number of nitrogens with zero attached hydrogens (tertiary/aromatic N) is 1. The van der Waals surface area contributed by atoms with Gasteiger partial charge in [-0.25, -0.2) is 8.42 Å². The van der Waals surface area contributed by atoms with Crippen molar-refractivity contribution in [3.05, 3.63) is 64.6 Å². The lowest BCUT2D eigenvalue weighted by Gasteiger charge is -2.40. The van der Waals surface area contributed by atoms with Crippen LogP contribution in [0.1, 0.15) is 50.7 Å². The number of rotatable bonds is 3. The van der Waals surface area contributed by atoms with Gasteiger partial charge in [0.25, 0.3) is 0 Å². The van der Waals surface area contributed by atoms with Gasteiger partial charge >= 0.3 is 0 Å². The number of hydrogen-bond acceptors (Lipinski definition) is 3.